The number of hydrogen-bond acceptors (Lipinski definition) is 7. The molecule has 2 aromatic carbocycles. The van der Waals surface area contributed by atoms with Gasteiger partial charge in [-0.1, -0.05) is 68.4 Å². The lowest BCUT2D eigenvalue weighted by Crippen LogP contribution is -2.24. The van der Waals surface area contributed by atoms with E-state index in [9.17, 15) is 14.9 Å². The van der Waals surface area contributed by atoms with Crippen molar-refractivity contribution in [1.29, 1.82) is 0 Å². The average Bonchev–Trinajstić information content (AvgIpc) is 3.36. The molecule has 2 aromatic heterocycles. The summed E-state index contributed by atoms with van der Waals surface area (Å²) in [6.07, 6.45) is 1.57. The third kappa shape index (κ3) is 4.30. The number of thiazole rings is 1. The molecular weight excluding hydrogens is 488 g/mol. The number of nitro groups is 1. The van der Waals surface area contributed by atoms with Gasteiger partial charge >= 0.3 is 5.00 Å². The average molecular weight is 501 g/mol. The number of hydrogen-bond donors (Lipinski definition) is 0. The van der Waals surface area contributed by atoms with Crippen LogP contribution in [0.5, 0.6) is 0 Å². The summed E-state index contributed by atoms with van der Waals surface area (Å²) in [5.74, 6) is -0.477. The van der Waals surface area contributed by atoms with Crippen molar-refractivity contribution in [2.45, 2.75) is 6.92 Å². The number of anilines is 1. The van der Waals surface area contributed by atoms with E-state index in [0.717, 1.165) is 37.2 Å². The van der Waals surface area contributed by atoms with Crippen LogP contribution in [0.25, 0.3) is 10.2 Å². The molecule has 4 rings (SSSR count). The van der Waals surface area contributed by atoms with Gasteiger partial charge in [-0.2, -0.15) is 10.1 Å². The first-order valence-electron chi connectivity index (χ1n) is 8.66. The van der Waals surface area contributed by atoms with Crippen LogP contribution in [0.2, 0.25) is 0 Å². The van der Waals surface area contributed by atoms with Crippen LogP contribution in [0.15, 0.2) is 64.2 Å². The van der Waals surface area contributed by atoms with E-state index in [1.807, 2.05) is 49.4 Å². The molecule has 0 saturated carbocycles. The van der Waals surface area contributed by atoms with E-state index in [1.165, 1.54) is 28.5 Å². The van der Waals surface area contributed by atoms with E-state index < -0.39 is 10.8 Å². The van der Waals surface area contributed by atoms with E-state index in [4.69, 9.17) is 0 Å². The second-order valence-corrected chi connectivity index (χ2v) is 9.26. The van der Waals surface area contributed by atoms with Crippen molar-refractivity contribution in [1.82, 2.24) is 4.98 Å². The highest BCUT2D eigenvalue weighted by atomic mass is 79.9. The van der Waals surface area contributed by atoms with Gasteiger partial charge in [-0.3, -0.25) is 14.9 Å². The number of nitrogens with zero attached hydrogens (tertiary/aromatic N) is 4. The van der Waals surface area contributed by atoms with Crippen LogP contribution in [0, 0.1) is 17.0 Å². The summed E-state index contributed by atoms with van der Waals surface area (Å²) in [6.45, 7) is 1.99. The van der Waals surface area contributed by atoms with Gasteiger partial charge < -0.3 is 0 Å². The second kappa shape index (κ2) is 8.42. The lowest BCUT2D eigenvalue weighted by atomic mass is 10.2. The SMILES string of the molecule is Cc1ccc(/C=N/N(C(=O)c2ccc([N+](=O)[O-])s2)c2nc3ccc(Br)cc3s2)cc1. The number of hydrazone groups is 1. The summed E-state index contributed by atoms with van der Waals surface area (Å²) < 4.78 is 1.79. The van der Waals surface area contributed by atoms with Gasteiger partial charge in [0.2, 0.25) is 5.13 Å². The highest BCUT2D eigenvalue weighted by molar-refractivity contribution is 9.10. The number of benzene rings is 2. The molecule has 0 saturated heterocycles. The van der Waals surface area contributed by atoms with Gasteiger partial charge in [0.1, 0.15) is 4.88 Å². The maximum absolute atomic E-state index is 13.2. The topological polar surface area (TPSA) is 88.7 Å². The normalized spacial score (nSPS) is 11.3. The van der Waals surface area contributed by atoms with Crippen molar-refractivity contribution in [2.75, 3.05) is 5.01 Å². The van der Waals surface area contributed by atoms with Gasteiger partial charge in [-0.25, -0.2) is 4.98 Å². The number of thiophene rings is 1. The highest BCUT2D eigenvalue weighted by Crippen LogP contribution is 2.33. The summed E-state index contributed by atoms with van der Waals surface area (Å²) in [5, 5.41) is 16.9. The maximum Gasteiger partial charge on any atom is 0.324 e. The van der Waals surface area contributed by atoms with E-state index in [2.05, 4.69) is 26.0 Å². The lowest BCUT2D eigenvalue weighted by Gasteiger charge is -2.12. The minimum atomic E-state index is -0.517. The number of aromatic nitrogens is 1. The van der Waals surface area contributed by atoms with Crippen LogP contribution in [0.3, 0.4) is 0 Å². The molecule has 10 heteroatoms. The number of carbonyl (C=O) groups is 1. The first-order valence-corrected chi connectivity index (χ1v) is 11.1. The molecule has 0 aliphatic heterocycles. The van der Waals surface area contributed by atoms with Crippen LogP contribution in [0.4, 0.5) is 10.1 Å². The summed E-state index contributed by atoms with van der Waals surface area (Å²) >= 11 is 5.56. The fourth-order valence-corrected chi connectivity index (χ4v) is 4.81. The van der Waals surface area contributed by atoms with Crippen molar-refractivity contribution < 1.29 is 9.72 Å². The second-order valence-electron chi connectivity index (χ2n) is 6.28. The monoisotopic (exact) mass is 500 g/mol. The van der Waals surface area contributed by atoms with E-state index in [-0.39, 0.29) is 9.88 Å². The van der Waals surface area contributed by atoms with Gasteiger partial charge in [-0.05, 0) is 36.8 Å². The zero-order valence-corrected chi connectivity index (χ0v) is 18.7. The summed E-state index contributed by atoms with van der Waals surface area (Å²) in [4.78, 5) is 28.4. The predicted octanol–water partition coefficient (Wildman–Crippen LogP) is 6.02. The summed E-state index contributed by atoms with van der Waals surface area (Å²) in [7, 11) is 0. The van der Waals surface area contributed by atoms with Crippen molar-refractivity contribution in [3.05, 3.63) is 85.2 Å². The Morgan fingerprint density at radius 1 is 1.17 bits per heavy atom. The van der Waals surface area contributed by atoms with Crippen LogP contribution >= 0.6 is 38.6 Å². The Kier molecular flexibility index (Phi) is 5.71. The standard InChI is InChI=1S/C20H13BrN4O3S2/c1-12-2-4-13(5-3-12)11-22-24(19(26)16-8-9-18(29-16)25(27)28)20-23-15-7-6-14(21)10-17(15)30-20/h2-11H,1H3/b22-11+. The Morgan fingerprint density at radius 3 is 2.63 bits per heavy atom. The molecule has 0 fully saturated rings. The van der Waals surface area contributed by atoms with Crippen molar-refractivity contribution >= 4 is 71.1 Å². The van der Waals surface area contributed by atoms with E-state index in [0.29, 0.717) is 5.13 Å². The molecule has 0 N–H and O–H groups in total. The molecule has 1 amide bonds. The number of halogens is 1. The minimum Gasteiger partial charge on any atom is -0.266 e. The maximum atomic E-state index is 13.2. The van der Waals surface area contributed by atoms with Gasteiger partial charge in [-0.15, -0.1) is 0 Å². The third-order valence-corrected chi connectivity index (χ3v) is 6.61. The minimum absolute atomic E-state index is 0.103. The highest BCUT2D eigenvalue weighted by Gasteiger charge is 2.24. The molecule has 0 radical (unpaired) electrons. The Hall–Kier alpha value is -2.95. The molecule has 30 heavy (non-hydrogen) atoms. The van der Waals surface area contributed by atoms with Crippen LogP contribution < -0.4 is 5.01 Å². The Balaban J connectivity index is 1.75. The van der Waals surface area contributed by atoms with E-state index >= 15 is 0 Å². The third-order valence-electron chi connectivity index (χ3n) is 4.09. The molecule has 0 atom stereocenters. The van der Waals surface area contributed by atoms with Crippen molar-refractivity contribution in [2.24, 2.45) is 5.10 Å². The predicted molar refractivity (Wildman–Crippen MR) is 124 cm³/mol. The largest absolute Gasteiger partial charge is 0.324 e. The number of carbonyl (C=O) groups excluding carboxylic acids is 1. The molecule has 7 nitrogen and oxygen atoms in total. The number of aryl methyl sites for hydroxylation is 1. The van der Waals surface area contributed by atoms with Gasteiger partial charge in [0, 0.05) is 10.5 Å². The Labute approximate surface area is 187 Å². The van der Waals surface area contributed by atoms with Gasteiger partial charge in [0.25, 0.3) is 5.91 Å². The zero-order valence-electron chi connectivity index (χ0n) is 15.5. The van der Waals surface area contributed by atoms with Crippen molar-refractivity contribution in [3.63, 3.8) is 0 Å². The fraction of sp³-hybridized carbons (Fsp3) is 0.0500. The molecule has 4 aromatic rings. The number of rotatable bonds is 5. The zero-order chi connectivity index (χ0) is 21.3. The van der Waals surface area contributed by atoms with Crippen LogP contribution in [-0.2, 0) is 0 Å². The molecule has 2 heterocycles. The first-order chi connectivity index (χ1) is 14.4. The molecule has 0 bridgehead atoms. The van der Waals surface area contributed by atoms with Crippen LogP contribution in [-0.4, -0.2) is 22.0 Å². The number of amides is 1. The first kappa shape index (κ1) is 20.3. The Bertz CT molecular complexity index is 1280. The fourth-order valence-electron chi connectivity index (χ4n) is 2.59. The molecule has 0 aliphatic carbocycles. The number of fused-ring (bicyclic) bond motifs is 1. The summed E-state index contributed by atoms with van der Waals surface area (Å²) in [6, 6.07) is 16.1. The smallest absolute Gasteiger partial charge is 0.266 e. The molecule has 0 aliphatic rings. The van der Waals surface area contributed by atoms with Gasteiger partial charge in [0.05, 0.1) is 21.4 Å². The van der Waals surface area contributed by atoms with Crippen molar-refractivity contribution in [3.8, 4) is 0 Å². The van der Waals surface area contributed by atoms with Gasteiger partial charge in [0.15, 0.2) is 0 Å². The Morgan fingerprint density at radius 2 is 1.93 bits per heavy atom. The summed E-state index contributed by atoms with van der Waals surface area (Å²) in [5.41, 5.74) is 2.67. The van der Waals surface area contributed by atoms with E-state index in [1.54, 1.807) is 6.21 Å². The van der Waals surface area contributed by atoms with Crippen LogP contribution in [0.1, 0.15) is 20.8 Å². The quantitative estimate of drug-likeness (QED) is 0.190. The molecule has 0 unspecified atom stereocenters. The molecule has 150 valence electrons. The lowest BCUT2D eigenvalue weighted by molar-refractivity contribution is -0.380. The molecule has 0 spiro atoms. The molecular formula is C20H13BrN4O3S2.